The maximum absolute atomic E-state index is 14.6. The first kappa shape index (κ1) is 87.5. The summed E-state index contributed by atoms with van der Waals surface area (Å²) in [7, 11) is -1.65. The smallest absolute Gasteiger partial charge is 0.315 e. The van der Waals surface area contributed by atoms with E-state index < -0.39 is 39.6 Å². The maximum Gasteiger partial charge on any atom is 0.315 e. The molecule has 4 aliphatic heterocycles. The van der Waals surface area contributed by atoms with E-state index in [2.05, 4.69) is 116 Å². The van der Waals surface area contributed by atoms with Crippen LogP contribution in [0.15, 0.2) is 94.5 Å². The predicted octanol–water partition coefficient (Wildman–Crippen LogP) is 9.32. The van der Waals surface area contributed by atoms with E-state index in [9.17, 15) is 60.9 Å². The van der Waals surface area contributed by atoms with Crippen LogP contribution in [0.4, 0.5) is 10.5 Å². The van der Waals surface area contributed by atoms with E-state index >= 15 is 0 Å². The van der Waals surface area contributed by atoms with Gasteiger partial charge >= 0.3 is 6.03 Å². The first-order valence-electron chi connectivity index (χ1n) is 39.4. The Hall–Kier alpha value is -8.06. The molecule has 8 N–H and O–H groups in total. The topological polar surface area (TPSA) is 348 Å². The van der Waals surface area contributed by atoms with Gasteiger partial charge in [0.25, 0.3) is 16.0 Å². The zero-order chi connectivity index (χ0) is 78.8. The number of carbonyl (C=O) groups excluding carboxylic acids is 10. The summed E-state index contributed by atoms with van der Waals surface area (Å²) < 4.78 is 42.9. The predicted molar refractivity (Wildman–Crippen MR) is 434 cm³/mol. The van der Waals surface area contributed by atoms with Crippen molar-refractivity contribution >= 4 is 119 Å². The Bertz CT molecular complexity index is 4050. The number of benzene rings is 3. The summed E-state index contributed by atoms with van der Waals surface area (Å²) >= 11 is 1.87. The van der Waals surface area contributed by atoms with Gasteiger partial charge in [-0.15, -0.1) is 0 Å². The number of aromatic nitrogens is 1. The highest BCUT2D eigenvalue weighted by atomic mass is 33.1. The molecule has 600 valence electrons. The number of pyridine rings is 1. The van der Waals surface area contributed by atoms with Gasteiger partial charge in [0.1, 0.15) is 52.8 Å². The molecule has 8 rings (SSSR count). The van der Waals surface area contributed by atoms with Crippen LogP contribution in [-0.2, 0) is 48.5 Å². The highest BCUT2D eigenvalue weighted by Crippen LogP contribution is 2.43. The molecule has 30 heteroatoms. The number of ketones is 2. The van der Waals surface area contributed by atoms with Crippen molar-refractivity contribution in [3.05, 3.63) is 96.0 Å². The minimum absolute atomic E-state index is 0.0133. The molecule has 1 aliphatic carbocycles. The lowest BCUT2D eigenvalue weighted by molar-refractivity contribution is -0.133. The van der Waals surface area contributed by atoms with Crippen molar-refractivity contribution in [2.45, 2.75) is 197 Å². The average Bonchev–Trinajstić information content (AvgIpc) is 0.993. The second-order valence-electron chi connectivity index (χ2n) is 28.3. The van der Waals surface area contributed by atoms with Gasteiger partial charge in [-0.05, 0) is 145 Å². The van der Waals surface area contributed by atoms with Gasteiger partial charge in [0.2, 0.25) is 40.8 Å². The average molecular weight is 1600 g/mol. The number of rotatable bonds is 49. The van der Waals surface area contributed by atoms with Crippen molar-refractivity contribution < 1.29 is 65.3 Å². The van der Waals surface area contributed by atoms with E-state index in [1.807, 2.05) is 54.2 Å². The largest absolute Gasteiger partial charge is 0.456 e. The minimum Gasteiger partial charge on any atom is -0.456 e. The number of hydrogen-bond acceptors (Lipinski definition) is 18. The zero-order valence-electron chi connectivity index (χ0n) is 64.3. The highest BCUT2D eigenvalue weighted by molar-refractivity contribution is 8.76. The Morgan fingerprint density at radius 2 is 1.31 bits per heavy atom. The number of urea groups is 1. The molecule has 0 unspecified atom stereocenters. The zero-order valence-corrected chi connectivity index (χ0v) is 67.5. The van der Waals surface area contributed by atoms with Crippen LogP contribution in [0.25, 0.3) is 33.4 Å². The molecule has 0 saturated carbocycles. The lowest BCUT2D eigenvalue weighted by Crippen LogP contribution is -2.50. The van der Waals surface area contributed by atoms with Crippen molar-refractivity contribution in [3.63, 3.8) is 0 Å². The summed E-state index contributed by atoms with van der Waals surface area (Å²) in [5, 5.41) is 22.8. The normalized spacial score (nSPS) is 16.0. The molecule has 26 nitrogen and oxygen atoms in total. The van der Waals surface area contributed by atoms with Gasteiger partial charge in [-0.25, -0.2) is 14.4 Å². The summed E-state index contributed by atoms with van der Waals surface area (Å²) in [6, 6.07) is 24.4. The molecule has 110 heavy (non-hydrogen) atoms. The molecule has 0 radical (unpaired) electrons. The molecule has 1 aromatic heterocycles. The molecule has 5 atom stereocenters. The number of Topliss-reactive ketones (excluding diaryl/α,β-unsaturated/α-hetero) is 2. The molecule has 0 spiro atoms. The molecule has 5 heterocycles. The third kappa shape index (κ3) is 28.3. The maximum atomic E-state index is 14.6. The van der Waals surface area contributed by atoms with Gasteiger partial charge in [0.05, 0.1) is 18.2 Å². The van der Waals surface area contributed by atoms with Crippen LogP contribution in [0.2, 0.25) is 0 Å². The van der Waals surface area contributed by atoms with Crippen LogP contribution >= 0.6 is 33.3 Å². The summed E-state index contributed by atoms with van der Waals surface area (Å²) in [6.45, 7) is 14.2. The second-order valence-corrected chi connectivity index (χ2v) is 33.5. The number of thioether (sulfide) groups is 1. The Balaban J connectivity index is 0.735. The van der Waals surface area contributed by atoms with E-state index in [4.69, 9.17) is 4.42 Å². The van der Waals surface area contributed by atoms with Crippen molar-refractivity contribution in [3.8, 4) is 22.5 Å². The number of amides is 9. The van der Waals surface area contributed by atoms with Crippen LogP contribution in [0.1, 0.15) is 179 Å². The molecule has 0 bridgehead atoms. The van der Waals surface area contributed by atoms with Crippen molar-refractivity contribution in [1.29, 1.82) is 0 Å². The van der Waals surface area contributed by atoms with Gasteiger partial charge in [0, 0.05) is 186 Å². The molecule has 9 amide bonds. The first-order chi connectivity index (χ1) is 53.1. The van der Waals surface area contributed by atoms with Gasteiger partial charge in [-0.2, -0.15) is 20.2 Å². The Labute approximate surface area is 659 Å². The van der Waals surface area contributed by atoms with Crippen LogP contribution < -0.4 is 52.1 Å². The highest BCUT2D eigenvalue weighted by Gasteiger charge is 2.42. The number of unbranched alkanes of at least 4 members (excludes halogenated alkanes) is 7. The number of nitrogens with zero attached hydrogens (tertiary/aromatic N) is 5. The number of fused-ring (bicyclic) bond motifs is 3. The fourth-order valence-electron chi connectivity index (χ4n) is 14.3. The molecule has 5 aliphatic rings. The molecule has 2 aromatic carbocycles. The van der Waals surface area contributed by atoms with Crippen LogP contribution in [-0.4, -0.2) is 206 Å². The SMILES string of the molecule is CCN(CC)c1ccc2c(-c3ccccc3C(=O)N3CCN(C(=O)CCCCC(=O)N[C@@H](CS(=O)(=O)O)C(=O)NCCCCC(=O)C[C@@H](CCCCNC(=O)CCC(=O)NCCSSc4ccccn4)C(=O)NCCCCCCC(=O)CCCC[C@@H]4SC[C@@H]5NC(=O)N[C@@H]54)CC3)c3ccc(=[N+](CC)CC)cc-3oc2c1. The number of anilines is 1. The quantitative estimate of drug-likeness (QED) is 0.00449. The van der Waals surface area contributed by atoms with Crippen LogP contribution in [0.3, 0.4) is 0 Å². The summed E-state index contributed by atoms with van der Waals surface area (Å²) in [5.74, 6) is -1.95. The fourth-order valence-corrected chi connectivity index (χ4v) is 18.3. The van der Waals surface area contributed by atoms with Gasteiger partial charge < -0.3 is 56.3 Å². The summed E-state index contributed by atoms with van der Waals surface area (Å²) in [5.41, 5.74) is 4.83. The lowest BCUT2D eigenvalue weighted by Gasteiger charge is -2.35. The van der Waals surface area contributed by atoms with Crippen molar-refractivity contribution in [2.75, 3.05) is 101 Å². The molecular formula is C80H113N12O14S4+. The lowest BCUT2D eigenvalue weighted by atomic mass is 9.90. The van der Waals surface area contributed by atoms with Crippen molar-refractivity contribution in [2.24, 2.45) is 5.92 Å². The molecule has 3 saturated heterocycles. The van der Waals surface area contributed by atoms with Crippen LogP contribution in [0, 0.1) is 5.92 Å². The number of hydrogen-bond donors (Lipinski definition) is 8. The Kier molecular flexibility index (Phi) is 36.7. The standard InChI is InChI=1S/C80H112N12O14S4/c1-5-89(6-2)57-35-37-63-67(52-57)106-68-53-58(90(7-3)8-4)36-38-64(68)75(63)61-29-13-14-30-62(61)79(101)92-48-46-91(47-49-92)74(98)34-17-16-32-72(97)86-66(55-110(103,104)105)78(100)85-44-23-19-28-60(94)51-56(25-18-22-41-81-70(95)39-40-71(96)82-45-50-108-109-73-33-20-24-42-83-73)77(99)84-43-21-10-9-11-26-59(93)27-12-15-31-69-76-65(54-107-69)87-80(102)88-76/h13-14,20,24,29-30,33,35-38,42,52-53,56,65-66,69,76H,5-12,15-19,21-23,25-28,31-32,34,39-41,43-51,54-55H2,1-4H3,(H7-,81,82,84,85,86,87,88,95,96,97,99,100,102,103,104,105)/p+1/t56-,65+,66+,69+,76+/m1/s1. The Morgan fingerprint density at radius 3 is 2.04 bits per heavy atom. The van der Waals surface area contributed by atoms with E-state index in [0.717, 1.165) is 109 Å². The number of carbonyl (C=O) groups is 10. The van der Waals surface area contributed by atoms with E-state index in [1.54, 1.807) is 26.8 Å². The van der Waals surface area contributed by atoms with Crippen LogP contribution in [0.5, 0.6) is 0 Å². The van der Waals surface area contributed by atoms with Gasteiger partial charge in [0.15, 0.2) is 0 Å². The third-order valence-corrected chi connectivity index (χ3v) is 24.9. The summed E-state index contributed by atoms with van der Waals surface area (Å²) in [4.78, 5) is 141. The van der Waals surface area contributed by atoms with Crippen molar-refractivity contribution in [1.82, 2.24) is 56.6 Å². The Morgan fingerprint density at radius 1 is 0.664 bits per heavy atom. The van der Waals surface area contributed by atoms with E-state index in [1.165, 1.54) is 10.8 Å². The van der Waals surface area contributed by atoms with E-state index in [-0.39, 0.29) is 111 Å². The third-order valence-electron chi connectivity index (χ3n) is 20.4. The fraction of sp³-hybridized carbons (Fsp3) is 0.575. The van der Waals surface area contributed by atoms with Gasteiger partial charge in [-0.1, -0.05) is 60.7 Å². The molecule has 3 fully saturated rings. The molecule has 3 aromatic rings. The second kappa shape index (κ2) is 46.1. The summed E-state index contributed by atoms with van der Waals surface area (Å²) in [6.07, 6.45) is 11.2. The minimum atomic E-state index is -4.74. The molecular weight excluding hydrogens is 1480 g/mol. The van der Waals surface area contributed by atoms with E-state index in [0.29, 0.717) is 132 Å². The monoisotopic (exact) mass is 1590 g/mol. The van der Waals surface area contributed by atoms with Gasteiger partial charge in [-0.3, -0.25) is 47.7 Å². The number of piperazine rings is 1. The first-order valence-corrected chi connectivity index (χ1v) is 44.4. The number of nitrogens with one attached hydrogen (secondary N) is 7.